The van der Waals surface area contributed by atoms with Crippen molar-refractivity contribution in [1.82, 2.24) is 0 Å². The highest BCUT2D eigenvalue weighted by Gasteiger charge is 2.59. The van der Waals surface area contributed by atoms with Crippen molar-refractivity contribution in [2.24, 2.45) is 5.92 Å². The molecule has 1 fully saturated rings. The standard InChI is InChI=1S/C25H28F6O/c1-2-3-4-17-5-7-18(8-6-17)19-9-11-20(12-10-19)21-13-15-22(16-14-21)32-25(30,31)23(26)24(27,28)29/h9-18,23H,2-8H2,1H3. The molecular weight excluding hydrogens is 430 g/mol. The van der Waals surface area contributed by atoms with Gasteiger partial charge in [-0.2, -0.15) is 22.0 Å². The van der Waals surface area contributed by atoms with Crippen LogP contribution in [0.4, 0.5) is 26.3 Å². The third-order valence-corrected chi connectivity index (χ3v) is 6.22. The number of halogens is 6. The molecule has 0 aliphatic heterocycles. The third kappa shape index (κ3) is 6.20. The van der Waals surface area contributed by atoms with Gasteiger partial charge >= 0.3 is 12.3 Å². The van der Waals surface area contributed by atoms with Crippen molar-refractivity contribution < 1.29 is 31.1 Å². The highest BCUT2D eigenvalue weighted by molar-refractivity contribution is 5.64. The number of benzene rings is 2. The van der Waals surface area contributed by atoms with Gasteiger partial charge in [0.15, 0.2) is 0 Å². The van der Waals surface area contributed by atoms with Gasteiger partial charge in [-0.1, -0.05) is 62.6 Å². The maximum Gasteiger partial charge on any atom is 0.439 e. The molecule has 1 saturated carbocycles. The first-order chi connectivity index (χ1) is 15.1. The summed E-state index contributed by atoms with van der Waals surface area (Å²) in [7, 11) is 0. The number of hydrogen-bond acceptors (Lipinski definition) is 1. The van der Waals surface area contributed by atoms with E-state index in [-0.39, 0.29) is 0 Å². The normalized spacial score (nSPS) is 20.7. The van der Waals surface area contributed by atoms with Crippen LogP contribution in [-0.2, 0) is 0 Å². The summed E-state index contributed by atoms with van der Waals surface area (Å²) >= 11 is 0. The lowest BCUT2D eigenvalue weighted by Crippen LogP contribution is -2.45. The molecule has 2 aromatic rings. The quantitative estimate of drug-likeness (QED) is 0.360. The number of ether oxygens (including phenoxy) is 1. The van der Waals surface area contributed by atoms with Crippen LogP contribution in [0.1, 0.15) is 63.4 Å². The van der Waals surface area contributed by atoms with Crippen LogP contribution in [0.2, 0.25) is 0 Å². The maximum atomic E-state index is 13.4. The van der Waals surface area contributed by atoms with Gasteiger partial charge in [0.2, 0.25) is 0 Å². The fraction of sp³-hybridized carbons (Fsp3) is 0.520. The molecule has 1 aliphatic carbocycles. The van der Waals surface area contributed by atoms with Gasteiger partial charge in [0.25, 0.3) is 6.17 Å². The summed E-state index contributed by atoms with van der Waals surface area (Å²) in [6.45, 7) is 2.22. The summed E-state index contributed by atoms with van der Waals surface area (Å²) in [5.41, 5.74) is 2.83. The van der Waals surface area contributed by atoms with Gasteiger partial charge in [-0.3, -0.25) is 0 Å². The fourth-order valence-corrected chi connectivity index (χ4v) is 4.34. The molecule has 0 heterocycles. The van der Waals surface area contributed by atoms with Crippen LogP contribution >= 0.6 is 0 Å². The van der Waals surface area contributed by atoms with Crippen molar-refractivity contribution in [2.75, 3.05) is 0 Å². The van der Waals surface area contributed by atoms with E-state index in [2.05, 4.69) is 23.8 Å². The van der Waals surface area contributed by atoms with E-state index < -0.39 is 24.2 Å². The van der Waals surface area contributed by atoms with Gasteiger partial charge in [0.1, 0.15) is 5.75 Å². The second kappa shape index (κ2) is 10.2. The van der Waals surface area contributed by atoms with Gasteiger partial charge in [-0.25, -0.2) is 4.39 Å². The Morgan fingerprint density at radius 3 is 1.88 bits per heavy atom. The van der Waals surface area contributed by atoms with Crippen LogP contribution in [0.15, 0.2) is 48.5 Å². The zero-order valence-corrected chi connectivity index (χ0v) is 18.0. The van der Waals surface area contributed by atoms with Gasteiger partial charge in [0, 0.05) is 0 Å². The number of hydrogen-bond donors (Lipinski definition) is 0. The lowest BCUT2D eigenvalue weighted by Gasteiger charge is -2.29. The second-order valence-electron chi connectivity index (χ2n) is 8.57. The van der Waals surface area contributed by atoms with Crippen molar-refractivity contribution in [3.05, 3.63) is 54.1 Å². The molecule has 1 aliphatic rings. The molecule has 1 atom stereocenters. The molecule has 0 saturated heterocycles. The Morgan fingerprint density at radius 2 is 1.38 bits per heavy atom. The first kappa shape index (κ1) is 24.5. The number of alkyl halides is 6. The predicted molar refractivity (Wildman–Crippen MR) is 113 cm³/mol. The first-order valence-corrected chi connectivity index (χ1v) is 11.1. The zero-order valence-electron chi connectivity index (χ0n) is 18.0. The number of rotatable bonds is 8. The third-order valence-electron chi connectivity index (χ3n) is 6.22. The van der Waals surface area contributed by atoms with Crippen molar-refractivity contribution >= 4 is 0 Å². The van der Waals surface area contributed by atoms with Crippen LogP contribution in [0, 0.1) is 5.92 Å². The van der Waals surface area contributed by atoms with Crippen LogP contribution < -0.4 is 4.74 Å². The van der Waals surface area contributed by atoms with Gasteiger partial charge < -0.3 is 4.74 Å². The van der Waals surface area contributed by atoms with E-state index in [0.717, 1.165) is 23.6 Å². The lowest BCUT2D eigenvalue weighted by atomic mass is 9.77. The molecule has 32 heavy (non-hydrogen) atoms. The highest BCUT2D eigenvalue weighted by Crippen LogP contribution is 2.39. The summed E-state index contributed by atoms with van der Waals surface area (Å²) in [6, 6.07) is 13.2. The zero-order chi connectivity index (χ0) is 23.4. The Hall–Kier alpha value is -2.18. The summed E-state index contributed by atoms with van der Waals surface area (Å²) in [5.74, 6) is 0.840. The summed E-state index contributed by atoms with van der Waals surface area (Å²) in [4.78, 5) is 0. The minimum atomic E-state index is -5.71. The monoisotopic (exact) mass is 458 g/mol. The van der Waals surface area contributed by atoms with Gasteiger partial charge in [0.05, 0.1) is 0 Å². The Morgan fingerprint density at radius 1 is 0.844 bits per heavy atom. The molecule has 0 aromatic heterocycles. The molecular formula is C25H28F6O. The summed E-state index contributed by atoms with van der Waals surface area (Å²) < 4.78 is 80.5. The minimum Gasteiger partial charge on any atom is -0.430 e. The molecule has 0 amide bonds. The Bertz CT molecular complexity index is 836. The average molecular weight is 458 g/mol. The van der Waals surface area contributed by atoms with E-state index in [1.807, 2.05) is 12.1 Å². The fourth-order valence-electron chi connectivity index (χ4n) is 4.34. The minimum absolute atomic E-state index is 0.540. The molecule has 0 spiro atoms. The molecule has 1 unspecified atom stereocenters. The maximum absolute atomic E-state index is 13.4. The van der Waals surface area contributed by atoms with E-state index >= 15 is 0 Å². The van der Waals surface area contributed by atoms with E-state index in [9.17, 15) is 26.3 Å². The second-order valence-corrected chi connectivity index (χ2v) is 8.57. The van der Waals surface area contributed by atoms with Crippen LogP contribution in [-0.4, -0.2) is 18.5 Å². The van der Waals surface area contributed by atoms with Crippen LogP contribution in [0.3, 0.4) is 0 Å². The molecule has 0 N–H and O–H groups in total. The van der Waals surface area contributed by atoms with E-state index in [1.54, 1.807) is 0 Å². The summed E-state index contributed by atoms with van der Waals surface area (Å²) in [5, 5.41) is 0. The molecule has 2 aromatic carbocycles. The summed E-state index contributed by atoms with van der Waals surface area (Å²) in [6.07, 6.45) is -6.39. The van der Waals surface area contributed by atoms with E-state index in [0.29, 0.717) is 11.5 Å². The molecule has 3 rings (SSSR count). The van der Waals surface area contributed by atoms with E-state index in [1.165, 1.54) is 62.6 Å². The van der Waals surface area contributed by atoms with Crippen molar-refractivity contribution in [3.63, 3.8) is 0 Å². The molecule has 176 valence electrons. The Balaban J connectivity index is 1.60. The molecule has 1 nitrogen and oxygen atoms in total. The molecule has 0 radical (unpaired) electrons. The molecule has 7 heteroatoms. The SMILES string of the molecule is CCCCC1CCC(c2ccc(-c3ccc(OC(F)(F)C(F)C(F)(F)F)cc3)cc2)CC1. The topological polar surface area (TPSA) is 9.23 Å². The lowest BCUT2D eigenvalue weighted by molar-refractivity contribution is -0.304. The van der Waals surface area contributed by atoms with E-state index in [4.69, 9.17) is 0 Å². The van der Waals surface area contributed by atoms with Gasteiger partial charge in [-0.15, -0.1) is 0 Å². The van der Waals surface area contributed by atoms with Crippen molar-refractivity contribution in [3.8, 4) is 16.9 Å². The van der Waals surface area contributed by atoms with Crippen molar-refractivity contribution in [2.45, 2.75) is 76.2 Å². The smallest absolute Gasteiger partial charge is 0.430 e. The largest absolute Gasteiger partial charge is 0.439 e. The first-order valence-electron chi connectivity index (χ1n) is 11.1. The predicted octanol–water partition coefficient (Wildman–Crippen LogP) is 8.69. The highest BCUT2D eigenvalue weighted by atomic mass is 19.4. The Labute approximate surface area is 184 Å². The van der Waals surface area contributed by atoms with Gasteiger partial charge in [-0.05, 0) is 66.3 Å². The van der Waals surface area contributed by atoms with Crippen LogP contribution in [0.5, 0.6) is 5.75 Å². The van der Waals surface area contributed by atoms with Crippen molar-refractivity contribution in [1.29, 1.82) is 0 Å². The Kier molecular flexibility index (Phi) is 7.78. The number of unbranched alkanes of at least 4 members (excludes halogenated alkanes) is 1. The molecule has 0 bridgehead atoms. The van der Waals surface area contributed by atoms with Crippen LogP contribution in [0.25, 0.3) is 11.1 Å². The average Bonchev–Trinajstić information content (AvgIpc) is 2.77.